The fourth-order valence-electron chi connectivity index (χ4n) is 7.93. The Balaban J connectivity index is 1.61. The number of fused-ring (bicyclic) bond motifs is 3. The Bertz CT molecular complexity index is 1740. The van der Waals surface area contributed by atoms with Crippen LogP contribution in [-0.2, 0) is 42.4 Å². The van der Waals surface area contributed by atoms with Crippen molar-refractivity contribution in [2.75, 3.05) is 11.0 Å². The van der Waals surface area contributed by atoms with E-state index >= 15 is 4.39 Å². The minimum Gasteiger partial charge on any atom is -0.481 e. The van der Waals surface area contributed by atoms with Gasteiger partial charge in [0.25, 0.3) is 0 Å². The molecule has 1 saturated carbocycles. The number of hydrogen-bond donors (Lipinski definition) is 1. The standard InChI is InChI=1S/C32H30F10INO5S/c33-29(31(37,38)39,32(40,41)42)21-4-7-23-19(17-21)1-8-24-28(23,50(48,49)22-5-2-20(3-6-22)30(34,35)36)14-16-44(24)25(45)18-9-11-27(12-10-18,13-15-43)26(46)47/h2-7,17-18,24H,1,8-16H2,(H,46,47). The number of aryl methyl sites for hydroxylation is 1. The Hall–Kier alpha value is -2.64. The summed E-state index contributed by atoms with van der Waals surface area (Å²) in [6, 6.07) is 2.36. The molecule has 276 valence electrons. The predicted molar refractivity (Wildman–Crippen MR) is 166 cm³/mol. The molecule has 2 unspecified atom stereocenters. The van der Waals surface area contributed by atoms with Gasteiger partial charge >= 0.3 is 30.2 Å². The first kappa shape index (κ1) is 38.6. The highest BCUT2D eigenvalue weighted by Gasteiger charge is 2.74. The lowest BCUT2D eigenvalue weighted by atomic mass is 9.68. The average Bonchev–Trinajstić information content (AvgIpc) is 3.44. The fraction of sp³-hybridized carbons (Fsp3) is 0.562. The van der Waals surface area contributed by atoms with Gasteiger partial charge < -0.3 is 10.0 Å². The molecule has 1 saturated heterocycles. The molecule has 0 spiro atoms. The number of carbonyl (C=O) groups is 2. The second-order valence-electron chi connectivity index (χ2n) is 13.1. The zero-order valence-corrected chi connectivity index (χ0v) is 28.8. The summed E-state index contributed by atoms with van der Waals surface area (Å²) in [6.45, 7) is -0.239. The van der Waals surface area contributed by atoms with Gasteiger partial charge in [0.1, 0.15) is 4.75 Å². The van der Waals surface area contributed by atoms with Crippen LogP contribution < -0.4 is 0 Å². The number of aliphatic carboxylic acids is 1. The second-order valence-corrected chi connectivity index (χ2v) is 16.4. The van der Waals surface area contributed by atoms with Crippen molar-refractivity contribution in [2.24, 2.45) is 11.3 Å². The highest BCUT2D eigenvalue weighted by molar-refractivity contribution is 14.1. The van der Waals surface area contributed by atoms with E-state index in [1.807, 2.05) is 0 Å². The minimum atomic E-state index is -6.44. The van der Waals surface area contributed by atoms with Gasteiger partial charge in [-0.3, -0.25) is 9.59 Å². The van der Waals surface area contributed by atoms with Crippen LogP contribution in [0.15, 0.2) is 47.4 Å². The first-order chi connectivity index (χ1) is 23.0. The molecule has 1 amide bonds. The molecule has 5 rings (SSSR count). The van der Waals surface area contributed by atoms with Gasteiger partial charge in [0, 0.05) is 22.5 Å². The van der Waals surface area contributed by atoms with Gasteiger partial charge in [-0.25, -0.2) is 12.8 Å². The summed E-state index contributed by atoms with van der Waals surface area (Å²) in [7, 11) is -4.85. The molecule has 3 aliphatic rings. The van der Waals surface area contributed by atoms with Crippen LogP contribution in [0.1, 0.15) is 67.2 Å². The number of likely N-dealkylation sites (tertiary alicyclic amines) is 1. The van der Waals surface area contributed by atoms with Crippen LogP contribution in [0, 0.1) is 11.3 Å². The number of nitrogens with zero attached hydrogens (tertiary/aromatic N) is 1. The number of carbonyl (C=O) groups excluding carboxylic acids is 1. The molecule has 2 fully saturated rings. The number of carboxylic acid groups (broad SMARTS) is 1. The van der Waals surface area contributed by atoms with Crippen molar-refractivity contribution in [2.45, 2.75) is 91.2 Å². The van der Waals surface area contributed by atoms with E-state index < -0.39 is 90.5 Å². The average molecular weight is 858 g/mol. The molecule has 0 radical (unpaired) electrons. The summed E-state index contributed by atoms with van der Waals surface area (Å²) in [5.41, 5.74) is -10.5. The zero-order valence-electron chi connectivity index (χ0n) is 25.9. The molecule has 1 heterocycles. The molecular formula is C32H30F10INO5S. The number of halogens is 11. The van der Waals surface area contributed by atoms with Gasteiger partial charge in [-0.15, -0.1) is 0 Å². The monoisotopic (exact) mass is 857 g/mol. The fourth-order valence-corrected chi connectivity index (χ4v) is 11.3. The molecule has 2 atom stereocenters. The second kappa shape index (κ2) is 12.8. The van der Waals surface area contributed by atoms with E-state index in [1.54, 1.807) is 0 Å². The van der Waals surface area contributed by atoms with Gasteiger partial charge in [0.15, 0.2) is 9.84 Å². The lowest BCUT2D eigenvalue weighted by Gasteiger charge is -2.44. The van der Waals surface area contributed by atoms with Crippen LogP contribution in [0.25, 0.3) is 0 Å². The molecule has 1 N–H and O–H groups in total. The van der Waals surface area contributed by atoms with E-state index in [9.17, 15) is 62.6 Å². The van der Waals surface area contributed by atoms with Crippen molar-refractivity contribution in [3.8, 4) is 0 Å². The Labute approximate surface area is 293 Å². The van der Waals surface area contributed by atoms with E-state index in [2.05, 4.69) is 22.6 Å². The van der Waals surface area contributed by atoms with E-state index in [0.29, 0.717) is 47.2 Å². The number of benzene rings is 2. The van der Waals surface area contributed by atoms with Gasteiger partial charge in [-0.05, 0) is 86.8 Å². The maximum atomic E-state index is 15.1. The minimum absolute atomic E-state index is 0.164. The molecule has 50 heavy (non-hydrogen) atoms. The quantitative estimate of drug-likeness (QED) is 0.172. The molecule has 1 aliphatic heterocycles. The van der Waals surface area contributed by atoms with Crippen LogP contribution in [0.4, 0.5) is 43.9 Å². The molecule has 2 aromatic rings. The lowest BCUT2D eigenvalue weighted by Crippen LogP contribution is -2.54. The van der Waals surface area contributed by atoms with Crippen molar-refractivity contribution in [3.63, 3.8) is 0 Å². The molecular weight excluding hydrogens is 827 g/mol. The van der Waals surface area contributed by atoms with E-state index in [-0.39, 0.29) is 62.3 Å². The molecule has 2 aromatic carbocycles. The van der Waals surface area contributed by atoms with Crippen molar-refractivity contribution in [1.29, 1.82) is 0 Å². The van der Waals surface area contributed by atoms with Crippen molar-refractivity contribution in [1.82, 2.24) is 4.90 Å². The van der Waals surface area contributed by atoms with Crippen LogP contribution in [0.2, 0.25) is 0 Å². The molecule has 18 heteroatoms. The number of rotatable bonds is 7. The summed E-state index contributed by atoms with van der Waals surface area (Å²) < 4.78 is 164. The number of alkyl halides is 11. The van der Waals surface area contributed by atoms with Gasteiger partial charge in [-0.1, -0.05) is 40.8 Å². The SMILES string of the molecule is O=C(C1CCC(CCI)(C(=O)O)CC1)N1CCC2(S(=O)(=O)c3ccc(C(F)(F)F)cc3)c3ccc(C(F)(C(F)(F)F)C(F)(F)F)cc3CCC12. The number of hydrogen-bond acceptors (Lipinski definition) is 4. The number of sulfone groups is 1. The predicted octanol–water partition coefficient (Wildman–Crippen LogP) is 8.30. The third kappa shape index (κ3) is 5.96. The number of carboxylic acids is 1. The summed E-state index contributed by atoms with van der Waals surface area (Å²) in [5.74, 6) is -2.22. The lowest BCUT2D eigenvalue weighted by molar-refractivity contribution is -0.348. The Kier molecular flexibility index (Phi) is 9.87. The molecule has 6 nitrogen and oxygen atoms in total. The zero-order chi connectivity index (χ0) is 37.3. The number of amides is 1. The summed E-state index contributed by atoms with van der Waals surface area (Å²) in [6.07, 6.45) is -17.7. The van der Waals surface area contributed by atoms with Crippen LogP contribution in [0.3, 0.4) is 0 Å². The van der Waals surface area contributed by atoms with Crippen LogP contribution in [-0.4, -0.2) is 59.7 Å². The molecule has 0 aromatic heterocycles. The third-order valence-corrected chi connectivity index (χ3v) is 13.7. The van der Waals surface area contributed by atoms with Crippen molar-refractivity contribution < 1.29 is 67.0 Å². The van der Waals surface area contributed by atoms with Crippen LogP contribution >= 0.6 is 22.6 Å². The third-order valence-electron chi connectivity index (χ3n) is 10.6. The van der Waals surface area contributed by atoms with Crippen molar-refractivity contribution >= 4 is 44.3 Å². The topological polar surface area (TPSA) is 91.8 Å². The van der Waals surface area contributed by atoms with Gasteiger partial charge in [-0.2, -0.15) is 39.5 Å². The smallest absolute Gasteiger partial charge is 0.435 e. The van der Waals surface area contributed by atoms with Gasteiger partial charge in [0.2, 0.25) is 5.91 Å². The Morgan fingerprint density at radius 3 is 1.90 bits per heavy atom. The highest BCUT2D eigenvalue weighted by atomic mass is 127. The van der Waals surface area contributed by atoms with E-state index in [4.69, 9.17) is 0 Å². The summed E-state index contributed by atoms with van der Waals surface area (Å²) >= 11 is 2.05. The normalized spacial score (nSPS) is 26.3. The maximum Gasteiger partial charge on any atom is 0.435 e. The van der Waals surface area contributed by atoms with E-state index in [0.717, 1.165) is 0 Å². The first-order valence-electron chi connectivity index (χ1n) is 15.5. The van der Waals surface area contributed by atoms with E-state index in [1.165, 1.54) is 4.90 Å². The maximum absolute atomic E-state index is 15.1. The Morgan fingerprint density at radius 1 is 0.840 bits per heavy atom. The Morgan fingerprint density at radius 2 is 1.40 bits per heavy atom. The highest BCUT2D eigenvalue weighted by Crippen LogP contribution is 2.57. The molecule has 0 bridgehead atoms. The van der Waals surface area contributed by atoms with Gasteiger partial charge in [0.05, 0.1) is 21.9 Å². The first-order valence-corrected chi connectivity index (χ1v) is 18.5. The summed E-state index contributed by atoms with van der Waals surface area (Å²) in [5, 5.41) is 9.88. The largest absolute Gasteiger partial charge is 0.481 e. The van der Waals surface area contributed by atoms with Crippen molar-refractivity contribution in [3.05, 3.63) is 64.7 Å². The van der Waals surface area contributed by atoms with Crippen LogP contribution in [0.5, 0.6) is 0 Å². The summed E-state index contributed by atoms with van der Waals surface area (Å²) in [4.78, 5) is 26.8. The molecule has 2 aliphatic carbocycles.